The standard InChI is InChI=1S/C12H11ClF3N3S/c13-11-4-2-8(20-11)5-10(19-17)9-3-1-7(6-18-9)12(14,15)16/h1-4,6,10,19H,5,17H2. The number of halogens is 4. The van der Waals surface area contributed by atoms with Crippen molar-refractivity contribution in [3.63, 3.8) is 0 Å². The van der Waals surface area contributed by atoms with E-state index in [0.29, 0.717) is 16.5 Å². The van der Waals surface area contributed by atoms with Gasteiger partial charge in [-0.1, -0.05) is 11.6 Å². The van der Waals surface area contributed by atoms with Gasteiger partial charge in [0.15, 0.2) is 0 Å². The topological polar surface area (TPSA) is 50.9 Å². The average Bonchev–Trinajstić information content (AvgIpc) is 2.81. The summed E-state index contributed by atoms with van der Waals surface area (Å²) in [5.74, 6) is 5.44. The van der Waals surface area contributed by atoms with Gasteiger partial charge in [0.25, 0.3) is 0 Å². The van der Waals surface area contributed by atoms with Gasteiger partial charge >= 0.3 is 6.18 Å². The Labute approximate surface area is 122 Å². The highest BCUT2D eigenvalue weighted by atomic mass is 35.5. The number of alkyl halides is 3. The summed E-state index contributed by atoms with van der Waals surface area (Å²) >= 11 is 7.23. The monoisotopic (exact) mass is 321 g/mol. The van der Waals surface area contributed by atoms with E-state index in [1.54, 1.807) is 6.07 Å². The molecule has 0 amide bonds. The first kappa shape index (κ1) is 15.2. The predicted octanol–water partition coefficient (Wildman–Crippen LogP) is 3.56. The van der Waals surface area contributed by atoms with E-state index in [9.17, 15) is 13.2 Å². The molecule has 0 spiro atoms. The molecule has 3 nitrogen and oxygen atoms in total. The molecule has 0 saturated carbocycles. The molecule has 20 heavy (non-hydrogen) atoms. The molecule has 1 unspecified atom stereocenters. The molecule has 8 heteroatoms. The van der Waals surface area contributed by atoms with Gasteiger partial charge in [0.05, 0.1) is 21.6 Å². The fourth-order valence-corrected chi connectivity index (χ4v) is 2.82. The van der Waals surface area contributed by atoms with E-state index >= 15 is 0 Å². The number of pyridine rings is 1. The van der Waals surface area contributed by atoms with Crippen LogP contribution in [0, 0.1) is 0 Å². The Morgan fingerprint density at radius 1 is 1.30 bits per heavy atom. The molecule has 0 aliphatic carbocycles. The highest BCUT2D eigenvalue weighted by molar-refractivity contribution is 7.16. The van der Waals surface area contributed by atoms with Crippen LogP contribution in [0.3, 0.4) is 0 Å². The molecule has 2 aromatic rings. The normalized spacial score (nSPS) is 13.4. The van der Waals surface area contributed by atoms with Gasteiger partial charge in [0.1, 0.15) is 0 Å². The third-order valence-corrected chi connectivity index (χ3v) is 3.96. The van der Waals surface area contributed by atoms with Crippen molar-refractivity contribution in [3.8, 4) is 0 Å². The number of hydrogen-bond acceptors (Lipinski definition) is 4. The maximum absolute atomic E-state index is 12.5. The van der Waals surface area contributed by atoms with Crippen molar-refractivity contribution in [1.82, 2.24) is 10.4 Å². The summed E-state index contributed by atoms with van der Waals surface area (Å²) in [4.78, 5) is 4.80. The summed E-state index contributed by atoms with van der Waals surface area (Å²) in [5, 5.41) is 0. The van der Waals surface area contributed by atoms with Crippen molar-refractivity contribution in [2.45, 2.75) is 18.6 Å². The van der Waals surface area contributed by atoms with Crippen molar-refractivity contribution in [3.05, 3.63) is 50.9 Å². The van der Waals surface area contributed by atoms with Crippen LogP contribution in [0.1, 0.15) is 22.2 Å². The fraction of sp³-hybridized carbons (Fsp3) is 0.250. The molecule has 0 fully saturated rings. The maximum atomic E-state index is 12.5. The highest BCUT2D eigenvalue weighted by Crippen LogP contribution is 2.30. The highest BCUT2D eigenvalue weighted by Gasteiger charge is 2.31. The van der Waals surface area contributed by atoms with Crippen LogP contribution in [-0.2, 0) is 12.6 Å². The van der Waals surface area contributed by atoms with Gasteiger partial charge in [-0.05, 0) is 24.3 Å². The quantitative estimate of drug-likeness (QED) is 0.668. The van der Waals surface area contributed by atoms with Crippen molar-refractivity contribution >= 4 is 22.9 Å². The Morgan fingerprint density at radius 3 is 2.50 bits per heavy atom. The largest absolute Gasteiger partial charge is 0.417 e. The van der Waals surface area contributed by atoms with Crippen LogP contribution in [0.25, 0.3) is 0 Å². The van der Waals surface area contributed by atoms with Crippen LogP contribution >= 0.6 is 22.9 Å². The second-order valence-corrected chi connectivity index (χ2v) is 5.90. The number of hydrogen-bond donors (Lipinski definition) is 2. The van der Waals surface area contributed by atoms with Crippen molar-refractivity contribution < 1.29 is 13.2 Å². The average molecular weight is 322 g/mol. The van der Waals surface area contributed by atoms with Crippen LogP contribution in [-0.4, -0.2) is 4.98 Å². The first-order valence-electron chi connectivity index (χ1n) is 5.63. The minimum Gasteiger partial charge on any atom is -0.271 e. The van der Waals surface area contributed by atoms with Gasteiger partial charge in [-0.3, -0.25) is 16.3 Å². The molecular weight excluding hydrogens is 311 g/mol. The molecule has 0 aliphatic rings. The molecule has 2 aromatic heterocycles. The minimum atomic E-state index is -4.39. The number of nitrogens with one attached hydrogen (secondary N) is 1. The zero-order valence-corrected chi connectivity index (χ0v) is 11.7. The fourth-order valence-electron chi connectivity index (χ4n) is 1.69. The Bertz CT molecular complexity index is 568. The van der Waals surface area contributed by atoms with Crippen LogP contribution < -0.4 is 11.3 Å². The molecule has 1 atom stereocenters. The van der Waals surface area contributed by atoms with Gasteiger partial charge in [0, 0.05) is 17.5 Å². The molecule has 0 radical (unpaired) electrons. The van der Waals surface area contributed by atoms with Crippen LogP contribution in [0.5, 0.6) is 0 Å². The second kappa shape index (κ2) is 6.09. The summed E-state index contributed by atoms with van der Waals surface area (Å²) in [6, 6.07) is 5.56. The molecule has 2 rings (SSSR count). The van der Waals surface area contributed by atoms with E-state index in [0.717, 1.165) is 17.1 Å². The molecular formula is C12H11ClF3N3S. The number of rotatable bonds is 4. The van der Waals surface area contributed by atoms with E-state index in [1.165, 1.54) is 17.4 Å². The number of aromatic nitrogens is 1. The first-order valence-corrected chi connectivity index (χ1v) is 6.83. The predicted molar refractivity (Wildman–Crippen MR) is 72.3 cm³/mol. The lowest BCUT2D eigenvalue weighted by Crippen LogP contribution is -2.30. The number of thiophene rings is 1. The van der Waals surface area contributed by atoms with Gasteiger partial charge in [-0.25, -0.2) is 0 Å². The lowest BCUT2D eigenvalue weighted by atomic mass is 10.1. The van der Waals surface area contributed by atoms with Crippen LogP contribution in [0.15, 0.2) is 30.5 Å². The molecule has 0 aromatic carbocycles. The van der Waals surface area contributed by atoms with E-state index in [-0.39, 0.29) is 6.04 Å². The van der Waals surface area contributed by atoms with Crippen LogP contribution in [0.2, 0.25) is 4.34 Å². The van der Waals surface area contributed by atoms with E-state index in [1.807, 2.05) is 6.07 Å². The second-order valence-electron chi connectivity index (χ2n) is 4.10. The smallest absolute Gasteiger partial charge is 0.271 e. The summed E-state index contributed by atoms with van der Waals surface area (Å²) in [6.07, 6.45) is -3.08. The van der Waals surface area contributed by atoms with E-state index < -0.39 is 11.7 Å². The zero-order chi connectivity index (χ0) is 14.8. The van der Waals surface area contributed by atoms with Gasteiger partial charge in [-0.2, -0.15) is 13.2 Å². The summed E-state index contributed by atoms with van der Waals surface area (Å²) < 4.78 is 38.0. The Kier molecular flexibility index (Phi) is 4.64. The van der Waals surface area contributed by atoms with E-state index in [4.69, 9.17) is 17.4 Å². The third kappa shape index (κ3) is 3.69. The van der Waals surface area contributed by atoms with Crippen molar-refractivity contribution in [2.24, 2.45) is 5.84 Å². The summed E-state index contributed by atoms with van der Waals surface area (Å²) in [7, 11) is 0. The Balaban J connectivity index is 2.15. The molecule has 0 bridgehead atoms. The summed E-state index contributed by atoms with van der Waals surface area (Å²) in [6.45, 7) is 0. The lowest BCUT2D eigenvalue weighted by molar-refractivity contribution is -0.137. The lowest BCUT2D eigenvalue weighted by Gasteiger charge is -2.15. The molecule has 0 aliphatic heterocycles. The Morgan fingerprint density at radius 2 is 2.05 bits per heavy atom. The third-order valence-electron chi connectivity index (χ3n) is 2.71. The Hall–Kier alpha value is -1.15. The molecule has 0 saturated heterocycles. The SMILES string of the molecule is NNC(Cc1ccc(Cl)s1)c1ccc(C(F)(F)F)cn1. The van der Waals surface area contributed by atoms with Gasteiger partial charge in [-0.15, -0.1) is 11.3 Å². The molecule has 108 valence electrons. The summed E-state index contributed by atoms with van der Waals surface area (Å²) in [5.41, 5.74) is 2.22. The van der Waals surface area contributed by atoms with Gasteiger partial charge < -0.3 is 0 Å². The van der Waals surface area contributed by atoms with E-state index in [2.05, 4.69) is 10.4 Å². The molecule has 3 N–H and O–H groups in total. The zero-order valence-electron chi connectivity index (χ0n) is 10.1. The first-order chi connectivity index (χ1) is 9.40. The van der Waals surface area contributed by atoms with Crippen molar-refractivity contribution in [1.29, 1.82) is 0 Å². The van der Waals surface area contributed by atoms with Crippen LogP contribution in [0.4, 0.5) is 13.2 Å². The maximum Gasteiger partial charge on any atom is 0.417 e. The number of nitrogens with two attached hydrogens (primary N) is 1. The van der Waals surface area contributed by atoms with Crippen molar-refractivity contribution in [2.75, 3.05) is 0 Å². The van der Waals surface area contributed by atoms with Gasteiger partial charge in [0.2, 0.25) is 0 Å². The minimum absolute atomic E-state index is 0.369. The molecule has 2 heterocycles. The number of hydrazine groups is 1. The number of nitrogens with zero attached hydrogens (tertiary/aromatic N) is 1.